The van der Waals surface area contributed by atoms with Crippen molar-refractivity contribution in [3.8, 4) is 22.9 Å². The Morgan fingerprint density at radius 1 is 1.04 bits per heavy atom. The Hall–Kier alpha value is -3.32. The third-order valence-corrected chi connectivity index (χ3v) is 3.80. The van der Waals surface area contributed by atoms with E-state index in [0.717, 1.165) is 22.4 Å². The highest BCUT2D eigenvalue weighted by molar-refractivity contribution is 5.64. The highest BCUT2D eigenvalue weighted by Crippen LogP contribution is 2.19. The number of pyridine rings is 1. The number of ether oxygens (including phenoxy) is 1. The number of hydrogen-bond donors (Lipinski definition) is 0. The van der Waals surface area contributed by atoms with Crippen LogP contribution in [0.15, 0.2) is 71.7 Å². The molecule has 0 fully saturated rings. The van der Waals surface area contributed by atoms with E-state index in [-0.39, 0.29) is 11.1 Å². The van der Waals surface area contributed by atoms with Crippen LogP contribution < -0.4 is 10.3 Å². The first-order valence-corrected chi connectivity index (χ1v) is 7.54. The average molecular weight is 316 g/mol. The van der Waals surface area contributed by atoms with Crippen LogP contribution in [0.5, 0.6) is 5.75 Å². The van der Waals surface area contributed by atoms with Gasteiger partial charge in [0.2, 0.25) is 0 Å². The maximum Gasteiger partial charge on any atom is 0.268 e. The fourth-order valence-electron chi connectivity index (χ4n) is 2.59. The van der Waals surface area contributed by atoms with Crippen molar-refractivity contribution in [2.75, 3.05) is 7.11 Å². The van der Waals surface area contributed by atoms with Gasteiger partial charge in [0.1, 0.15) is 17.4 Å². The molecular weight excluding hydrogens is 300 g/mol. The van der Waals surface area contributed by atoms with E-state index in [1.54, 1.807) is 23.9 Å². The number of benzene rings is 2. The van der Waals surface area contributed by atoms with Gasteiger partial charge in [0, 0.05) is 6.20 Å². The Morgan fingerprint density at radius 2 is 1.83 bits per heavy atom. The summed E-state index contributed by atoms with van der Waals surface area (Å²) < 4.78 is 6.79. The Kier molecular flexibility index (Phi) is 4.44. The molecule has 4 heteroatoms. The van der Waals surface area contributed by atoms with Crippen molar-refractivity contribution < 1.29 is 4.74 Å². The van der Waals surface area contributed by atoms with Crippen LogP contribution in [0.3, 0.4) is 0 Å². The fraction of sp³-hybridized carbons (Fsp3) is 0.100. The molecule has 2 aromatic carbocycles. The van der Waals surface area contributed by atoms with Gasteiger partial charge < -0.3 is 9.30 Å². The SMILES string of the molecule is COc1cccc(Cn2cc(-c3ccccc3)cc(C#N)c2=O)c1. The average Bonchev–Trinajstić information content (AvgIpc) is 2.64. The largest absolute Gasteiger partial charge is 0.497 e. The summed E-state index contributed by atoms with van der Waals surface area (Å²) in [4.78, 5) is 12.5. The van der Waals surface area contributed by atoms with E-state index in [2.05, 4.69) is 0 Å². The van der Waals surface area contributed by atoms with Gasteiger partial charge in [-0.25, -0.2) is 0 Å². The lowest BCUT2D eigenvalue weighted by molar-refractivity contribution is 0.414. The molecule has 0 radical (unpaired) electrons. The Balaban J connectivity index is 2.07. The fourth-order valence-corrected chi connectivity index (χ4v) is 2.59. The van der Waals surface area contributed by atoms with Crippen LogP contribution in [0.1, 0.15) is 11.1 Å². The highest BCUT2D eigenvalue weighted by Gasteiger charge is 2.09. The summed E-state index contributed by atoms with van der Waals surface area (Å²) in [6.45, 7) is 0.380. The van der Waals surface area contributed by atoms with Crippen LogP contribution in [0.4, 0.5) is 0 Å². The number of rotatable bonds is 4. The maximum absolute atomic E-state index is 12.5. The second-order valence-electron chi connectivity index (χ2n) is 5.40. The molecule has 0 N–H and O–H groups in total. The molecule has 4 nitrogen and oxygen atoms in total. The molecule has 0 unspecified atom stereocenters. The van der Waals surface area contributed by atoms with Crippen LogP contribution in [0, 0.1) is 11.3 Å². The highest BCUT2D eigenvalue weighted by atomic mass is 16.5. The minimum Gasteiger partial charge on any atom is -0.497 e. The zero-order valence-electron chi connectivity index (χ0n) is 13.3. The van der Waals surface area contributed by atoms with Crippen molar-refractivity contribution in [3.63, 3.8) is 0 Å². The summed E-state index contributed by atoms with van der Waals surface area (Å²) in [6, 6.07) is 20.9. The molecule has 0 saturated heterocycles. The van der Waals surface area contributed by atoms with E-state index in [9.17, 15) is 10.1 Å². The van der Waals surface area contributed by atoms with Crippen LogP contribution in [-0.4, -0.2) is 11.7 Å². The summed E-state index contributed by atoms with van der Waals surface area (Å²) in [5.41, 5.74) is 2.59. The summed E-state index contributed by atoms with van der Waals surface area (Å²) in [5.74, 6) is 0.736. The van der Waals surface area contributed by atoms with Gasteiger partial charge in [-0.3, -0.25) is 4.79 Å². The second kappa shape index (κ2) is 6.84. The van der Waals surface area contributed by atoms with Crippen LogP contribution in [0.25, 0.3) is 11.1 Å². The lowest BCUT2D eigenvalue weighted by Gasteiger charge is -2.11. The molecule has 0 atom stereocenters. The van der Waals surface area contributed by atoms with Crippen molar-refractivity contribution in [1.82, 2.24) is 4.57 Å². The molecule has 1 heterocycles. The van der Waals surface area contributed by atoms with Crippen LogP contribution in [0.2, 0.25) is 0 Å². The van der Waals surface area contributed by atoms with Crippen molar-refractivity contribution in [3.05, 3.63) is 88.3 Å². The molecule has 0 saturated carbocycles. The molecule has 0 aliphatic heterocycles. The molecule has 0 aliphatic rings. The first kappa shape index (κ1) is 15.6. The van der Waals surface area contributed by atoms with Crippen molar-refractivity contribution in [2.24, 2.45) is 0 Å². The van der Waals surface area contributed by atoms with E-state index in [0.29, 0.717) is 6.54 Å². The molecule has 0 aliphatic carbocycles. The van der Waals surface area contributed by atoms with Gasteiger partial charge in [0.15, 0.2) is 0 Å². The van der Waals surface area contributed by atoms with Crippen molar-refractivity contribution >= 4 is 0 Å². The van der Waals surface area contributed by atoms with Gasteiger partial charge in [-0.2, -0.15) is 5.26 Å². The smallest absolute Gasteiger partial charge is 0.268 e. The molecule has 0 amide bonds. The summed E-state index contributed by atoms with van der Waals surface area (Å²) in [5, 5.41) is 9.28. The Labute approximate surface area is 140 Å². The topological polar surface area (TPSA) is 55.0 Å². The van der Waals surface area contributed by atoms with E-state index in [4.69, 9.17) is 4.74 Å². The van der Waals surface area contributed by atoms with E-state index in [1.807, 2.05) is 60.7 Å². The lowest BCUT2D eigenvalue weighted by Crippen LogP contribution is -2.22. The first-order valence-electron chi connectivity index (χ1n) is 7.54. The maximum atomic E-state index is 12.5. The number of nitriles is 1. The lowest BCUT2D eigenvalue weighted by atomic mass is 10.1. The van der Waals surface area contributed by atoms with E-state index < -0.39 is 0 Å². The van der Waals surface area contributed by atoms with E-state index >= 15 is 0 Å². The molecule has 24 heavy (non-hydrogen) atoms. The second-order valence-corrected chi connectivity index (χ2v) is 5.40. The number of hydrogen-bond acceptors (Lipinski definition) is 3. The molecule has 3 aromatic rings. The van der Waals surface area contributed by atoms with Crippen molar-refractivity contribution in [1.29, 1.82) is 5.26 Å². The third-order valence-electron chi connectivity index (χ3n) is 3.80. The normalized spacial score (nSPS) is 10.2. The van der Waals surface area contributed by atoms with Gasteiger partial charge >= 0.3 is 0 Å². The number of aromatic nitrogens is 1. The van der Waals surface area contributed by atoms with Crippen molar-refractivity contribution in [2.45, 2.75) is 6.54 Å². The summed E-state index contributed by atoms with van der Waals surface area (Å²) >= 11 is 0. The molecule has 1 aromatic heterocycles. The van der Waals surface area contributed by atoms with Crippen LogP contribution in [-0.2, 0) is 6.54 Å². The zero-order valence-corrected chi connectivity index (χ0v) is 13.3. The molecule has 0 spiro atoms. The quantitative estimate of drug-likeness (QED) is 0.741. The zero-order chi connectivity index (χ0) is 16.9. The predicted molar refractivity (Wildman–Crippen MR) is 92.9 cm³/mol. The molecular formula is C20H16N2O2. The van der Waals surface area contributed by atoms with Gasteiger partial charge in [-0.15, -0.1) is 0 Å². The monoisotopic (exact) mass is 316 g/mol. The number of methoxy groups -OCH3 is 1. The van der Waals surface area contributed by atoms with Gasteiger partial charge in [0.25, 0.3) is 5.56 Å². The van der Waals surface area contributed by atoms with Gasteiger partial charge in [0.05, 0.1) is 13.7 Å². The minimum absolute atomic E-state index is 0.138. The van der Waals surface area contributed by atoms with Gasteiger partial charge in [-0.05, 0) is 34.9 Å². The summed E-state index contributed by atoms with van der Waals surface area (Å²) in [7, 11) is 1.61. The minimum atomic E-state index is -0.292. The molecule has 3 rings (SSSR count). The Bertz CT molecular complexity index is 953. The summed E-state index contributed by atoms with van der Waals surface area (Å²) in [6.07, 6.45) is 1.79. The Morgan fingerprint density at radius 3 is 2.54 bits per heavy atom. The predicted octanol–water partition coefficient (Wildman–Crippen LogP) is 3.44. The van der Waals surface area contributed by atoms with E-state index in [1.165, 1.54) is 0 Å². The standard InChI is InChI=1S/C20H16N2O2/c1-24-19-9-5-6-15(10-19)13-22-14-18(11-17(12-21)20(22)23)16-7-3-2-4-8-16/h2-11,14H,13H2,1H3. The van der Waals surface area contributed by atoms with Crippen LogP contribution >= 0.6 is 0 Å². The first-order chi connectivity index (χ1) is 11.7. The van der Waals surface area contributed by atoms with Gasteiger partial charge in [-0.1, -0.05) is 42.5 Å². The molecule has 118 valence electrons. The third kappa shape index (κ3) is 3.21. The molecule has 0 bridgehead atoms. The number of nitrogens with zero attached hydrogens (tertiary/aromatic N) is 2.